The van der Waals surface area contributed by atoms with Crippen molar-refractivity contribution in [2.45, 2.75) is 75.1 Å². The summed E-state index contributed by atoms with van der Waals surface area (Å²) < 4.78 is 27.5. The Morgan fingerprint density at radius 2 is 1.26 bits per heavy atom. The van der Waals surface area contributed by atoms with Crippen LogP contribution in [0.5, 0.6) is 0 Å². The van der Waals surface area contributed by atoms with Crippen LogP contribution in [0.3, 0.4) is 0 Å². The normalized spacial score (nSPS) is 40.9. The van der Waals surface area contributed by atoms with Gasteiger partial charge in [-0.1, -0.05) is 0 Å². The summed E-state index contributed by atoms with van der Waals surface area (Å²) >= 11 is 0. The number of methoxy groups -OCH3 is 2. The molecule has 2 aliphatic heterocycles. The highest BCUT2D eigenvalue weighted by atomic mass is 16.7. The Labute approximate surface area is 179 Å². The van der Waals surface area contributed by atoms with Crippen molar-refractivity contribution < 1.29 is 53.7 Å². The fourth-order valence-corrected chi connectivity index (χ4v) is 3.84. The standard InChI is InChI=1S/C18H32N2O11/c1-7(23)19-11-14(26)16(10(6-22)29-17(11)28-4)31-18-12(20-8(2)24)13(25)15(27-3)9(5-21)30-18/h9-18,21-22,25-26H,5-6H2,1-4H3,(H,19,23)(H,20,24)/t9?,10?,11-,12+,13?,14?,15+,16-,17+,18+/m0/s1. The first kappa shape index (κ1) is 25.8. The molecule has 180 valence electrons. The molecule has 0 aromatic rings. The van der Waals surface area contributed by atoms with Crippen LogP contribution in [-0.2, 0) is 33.3 Å². The van der Waals surface area contributed by atoms with E-state index in [1.165, 1.54) is 28.1 Å². The van der Waals surface area contributed by atoms with Crippen LogP contribution >= 0.6 is 0 Å². The van der Waals surface area contributed by atoms with Gasteiger partial charge in [0.2, 0.25) is 11.8 Å². The molecule has 2 saturated heterocycles. The maximum Gasteiger partial charge on any atom is 0.217 e. The lowest BCUT2D eigenvalue weighted by Gasteiger charge is -2.48. The summed E-state index contributed by atoms with van der Waals surface area (Å²) in [6, 6.07) is -2.17. The van der Waals surface area contributed by atoms with Crippen LogP contribution in [0, 0.1) is 0 Å². The van der Waals surface area contributed by atoms with Crippen LogP contribution < -0.4 is 10.6 Å². The van der Waals surface area contributed by atoms with Crippen LogP contribution in [0.15, 0.2) is 0 Å². The summed E-state index contributed by atoms with van der Waals surface area (Å²) in [5.41, 5.74) is 0. The molecule has 4 unspecified atom stereocenters. The number of aliphatic hydroxyl groups excluding tert-OH is 4. The summed E-state index contributed by atoms with van der Waals surface area (Å²) in [6.45, 7) is 1.39. The molecule has 2 heterocycles. The minimum atomic E-state index is -1.41. The minimum Gasteiger partial charge on any atom is -0.394 e. The molecule has 0 bridgehead atoms. The zero-order chi connectivity index (χ0) is 23.3. The highest BCUT2D eigenvalue weighted by Gasteiger charge is 2.52. The molecular weight excluding hydrogens is 420 g/mol. The molecule has 13 heteroatoms. The van der Waals surface area contributed by atoms with Gasteiger partial charge < -0.3 is 54.7 Å². The van der Waals surface area contributed by atoms with Crippen molar-refractivity contribution >= 4 is 11.8 Å². The molecular formula is C18H32N2O11. The lowest BCUT2D eigenvalue weighted by molar-refractivity contribution is -0.331. The van der Waals surface area contributed by atoms with Gasteiger partial charge in [-0.25, -0.2) is 0 Å². The molecule has 6 N–H and O–H groups in total. The van der Waals surface area contributed by atoms with Gasteiger partial charge in [0.05, 0.1) is 13.2 Å². The van der Waals surface area contributed by atoms with E-state index in [0.29, 0.717) is 0 Å². The van der Waals surface area contributed by atoms with Gasteiger partial charge in [0.1, 0.15) is 48.7 Å². The van der Waals surface area contributed by atoms with Crippen molar-refractivity contribution in [3.05, 3.63) is 0 Å². The van der Waals surface area contributed by atoms with Crippen molar-refractivity contribution in [2.75, 3.05) is 27.4 Å². The summed E-state index contributed by atoms with van der Waals surface area (Å²) in [6.07, 6.45) is -9.45. The van der Waals surface area contributed by atoms with Gasteiger partial charge in [0, 0.05) is 28.1 Å². The Bertz CT molecular complexity index is 609. The number of hydrogen-bond donors (Lipinski definition) is 6. The molecule has 10 atom stereocenters. The van der Waals surface area contributed by atoms with E-state index in [0.717, 1.165) is 0 Å². The van der Waals surface area contributed by atoms with Gasteiger partial charge in [-0.3, -0.25) is 9.59 Å². The van der Waals surface area contributed by atoms with Crippen LogP contribution in [0.1, 0.15) is 13.8 Å². The Hall–Kier alpha value is -1.42. The third kappa shape index (κ3) is 5.88. The summed E-state index contributed by atoms with van der Waals surface area (Å²) in [4.78, 5) is 23.2. The molecule has 0 radical (unpaired) electrons. The van der Waals surface area contributed by atoms with Gasteiger partial charge in [-0.05, 0) is 0 Å². The second-order valence-electron chi connectivity index (χ2n) is 7.42. The number of aliphatic hydroxyl groups is 4. The molecule has 31 heavy (non-hydrogen) atoms. The third-order valence-electron chi connectivity index (χ3n) is 5.24. The van der Waals surface area contributed by atoms with E-state index in [9.17, 15) is 30.0 Å². The van der Waals surface area contributed by atoms with Crippen molar-refractivity contribution in [3.63, 3.8) is 0 Å². The summed E-state index contributed by atoms with van der Waals surface area (Å²) in [7, 11) is 2.63. The zero-order valence-corrected chi connectivity index (χ0v) is 17.8. The van der Waals surface area contributed by atoms with E-state index in [2.05, 4.69) is 10.6 Å². The number of amides is 2. The molecule has 2 amide bonds. The summed E-state index contributed by atoms with van der Waals surface area (Å²) in [5.74, 6) is -0.951. The van der Waals surface area contributed by atoms with E-state index >= 15 is 0 Å². The van der Waals surface area contributed by atoms with E-state index in [1.54, 1.807) is 0 Å². The molecule has 0 saturated carbocycles. The van der Waals surface area contributed by atoms with Gasteiger partial charge in [0.25, 0.3) is 0 Å². The second kappa shape index (κ2) is 11.4. The lowest BCUT2D eigenvalue weighted by Crippen LogP contribution is -2.69. The van der Waals surface area contributed by atoms with Gasteiger partial charge in [-0.2, -0.15) is 0 Å². The Morgan fingerprint density at radius 3 is 1.71 bits per heavy atom. The monoisotopic (exact) mass is 452 g/mol. The lowest BCUT2D eigenvalue weighted by atomic mass is 9.94. The van der Waals surface area contributed by atoms with Crippen molar-refractivity contribution in [3.8, 4) is 0 Å². The maximum absolute atomic E-state index is 11.7. The number of carbonyl (C=O) groups excluding carboxylic acids is 2. The van der Waals surface area contributed by atoms with Gasteiger partial charge in [-0.15, -0.1) is 0 Å². The molecule has 2 fully saturated rings. The van der Waals surface area contributed by atoms with Crippen molar-refractivity contribution in [1.82, 2.24) is 10.6 Å². The number of rotatable bonds is 8. The second-order valence-corrected chi connectivity index (χ2v) is 7.42. The molecule has 2 rings (SSSR count). The highest BCUT2D eigenvalue weighted by Crippen LogP contribution is 2.30. The SMILES string of the molecule is CO[C@@H]1C(CO)O[C@H](O[C@H]2C(CO)O[C@@H](OC)[C@@H](NC(C)=O)C2O)[C@H](NC(C)=O)C1O. The molecule has 2 aliphatic rings. The topological polar surface area (TPSA) is 185 Å². The first-order valence-corrected chi connectivity index (χ1v) is 9.82. The molecule has 0 aromatic heterocycles. The van der Waals surface area contributed by atoms with Crippen LogP contribution in [0.25, 0.3) is 0 Å². The summed E-state index contributed by atoms with van der Waals surface area (Å²) in [5, 5.41) is 46.0. The smallest absolute Gasteiger partial charge is 0.217 e. The average molecular weight is 452 g/mol. The molecule has 0 aromatic carbocycles. The Morgan fingerprint density at radius 1 is 0.806 bits per heavy atom. The predicted molar refractivity (Wildman–Crippen MR) is 101 cm³/mol. The number of carbonyl (C=O) groups is 2. The van der Waals surface area contributed by atoms with E-state index in [4.69, 9.17) is 23.7 Å². The fraction of sp³-hybridized carbons (Fsp3) is 0.889. The zero-order valence-electron chi connectivity index (χ0n) is 17.8. The van der Waals surface area contributed by atoms with Crippen LogP contribution in [-0.4, -0.2) is 121 Å². The number of ether oxygens (including phenoxy) is 5. The Kier molecular flexibility index (Phi) is 9.54. The first-order valence-electron chi connectivity index (χ1n) is 9.82. The molecule has 0 spiro atoms. The minimum absolute atomic E-state index is 0.459. The quantitative estimate of drug-likeness (QED) is 0.212. The van der Waals surface area contributed by atoms with E-state index < -0.39 is 86.3 Å². The van der Waals surface area contributed by atoms with Crippen molar-refractivity contribution in [1.29, 1.82) is 0 Å². The van der Waals surface area contributed by atoms with Crippen molar-refractivity contribution in [2.24, 2.45) is 0 Å². The van der Waals surface area contributed by atoms with E-state index in [1.807, 2.05) is 0 Å². The Balaban J connectivity index is 2.30. The molecule has 13 nitrogen and oxygen atoms in total. The fourth-order valence-electron chi connectivity index (χ4n) is 3.84. The van der Waals surface area contributed by atoms with Crippen LogP contribution in [0.2, 0.25) is 0 Å². The highest BCUT2D eigenvalue weighted by molar-refractivity contribution is 5.73. The average Bonchev–Trinajstić information content (AvgIpc) is 2.72. The van der Waals surface area contributed by atoms with E-state index in [-0.39, 0.29) is 0 Å². The largest absolute Gasteiger partial charge is 0.394 e. The predicted octanol–water partition coefficient (Wildman–Crippen LogP) is -3.80. The number of hydrogen-bond acceptors (Lipinski definition) is 11. The van der Waals surface area contributed by atoms with Crippen LogP contribution in [0.4, 0.5) is 0 Å². The maximum atomic E-state index is 11.7. The van der Waals surface area contributed by atoms with Gasteiger partial charge in [0.15, 0.2) is 12.6 Å². The van der Waals surface area contributed by atoms with Gasteiger partial charge >= 0.3 is 0 Å². The first-order chi connectivity index (χ1) is 14.7. The molecule has 0 aliphatic carbocycles. The number of nitrogens with one attached hydrogen (secondary N) is 2. The third-order valence-corrected chi connectivity index (χ3v) is 5.24.